The molecule has 0 saturated carbocycles. The van der Waals surface area contributed by atoms with Gasteiger partial charge >= 0.3 is 0 Å². The second kappa shape index (κ2) is 2.84. The van der Waals surface area contributed by atoms with Gasteiger partial charge in [-0.2, -0.15) is 0 Å². The van der Waals surface area contributed by atoms with Crippen molar-refractivity contribution in [3.63, 3.8) is 0 Å². The summed E-state index contributed by atoms with van der Waals surface area (Å²) >= 11 is 0. The molecule has 0 bridgehead atoms. The van der Waals surface area contributed by atoms with Gasteiger partial charge in [0, 0.05) is 18.8 Å². The number of rotatable bonds is 2. The molecule has 0 spiro atoms. The number of aryl methyl sites for hydroxylation is 1. The fourth-order valence-electron chi connectivity index (χ4n) is 0.904. The molecular formula is C7H13N3. The Balaban J connectivity index is 2.58. The van der Waals surface area contributed by atoms with Crippen molar-refractivity contribution in [2.45, 2.75) is 26.4 Å². The van der Waals surface area contributed by atoms with E-state index in [1.165, 1.54) is 0 Å². The Labute approximate surface area is 60.9 Å². The van der Waals surface area contributed by atoms with Gasteiger partial charge in [0.25, 0.3) is 0 Å². The van der Waals surface area contributed by atoms with Gasteiger partial charge in [-0.3, -0.25) is 0 Å². The number of imidazole rings is 1. The second-order valence-corrected chi connectivity index (χ2v) is 2.69. The van der Waals surface area contributed by atoms with E-state index < -0.39 is 0 Å². The highest BCUT2D eigenvalue weighted by molar-refractivity contribution is 4.92. The van der Waals surface area contributed by atoms with E-state index in [0.29, 0.717) is 0 Å². The molecule has 3 nitrogen and oxygen atoms in total. The Morgan fingerprint density at radius 1 is 1.80 bits per heavy atom. The molecular weight excluding hydrogens is 126 g/mol. The molecule has 0 radical (unpaired) electrons. The predicted molar refractivity (Wildman–Crippen MR) is 40.6 cm³/mol. The van der Waals surface area contributed by atoms with Gasteiger partial charge in [0.15, 0.2) is 0 Å². The largest absolute Gasteiger partial charge is 0.336 e. The van der Waals surface area contributed by atoms with E-state index in [4.69, 9.17) is 5.73 Å². The zero-order valence-corrected chi connectivity index (χ0v) is 6.41. The van der Waals surface area contributed by atoms with Gasteiger partial charge < -0.3 is 10.3 Å². The molecule has 0 aromatic carbocycles. The molecule has 1 unspecified atom stereocenters. The summed E-state index contributed by atoms with van der Waals surface area (Å²) in [6, 6.07) is 0.202. The first-order valence-electron chi connectivity index (χ1n) is 3.42. The topological polar surface area (TPSA) is 43.8 Å². The summed E-state index contributed by atoms with van der Waals surface area (Å²) in [5.74, 6) is 0. The van der Waals surface area contributed by atoms with Crippen molar-refractivity contribution in [3.05, 3.63) is 18.2 Å². The zero-order chi connectivity index (χ0) is 7.56. The van der Waals surface area contributed by atoms with Gasteiger partial charge in [-0.05, 0) is 13.8 Å². The Kier molecular flexibility index (Phi) is 2.06. The Bertz CT molecular complexity index is 202. The lowest BCUT2D eigenvalue weighted by atomic mass is 10.4. The molecule has 0 fully saturated rings. The first kappa shape index (κ1) is 7.28. The third-order valence-electron chi connectivity index (χ3n) is 1.26. The summed E-state index contributed by atoms with van der Waals surface area (Å²) in [6.07, 6.45) is 3.79. The van der Waals surface area contributed by atoms with Crippen molar-refractivity contribution in [1.29, 1.82) is 0 Å². The fourth-order valence-corrected chi connectivity index (χ4v) is 0.904. The monoisotopic (exact) mass is 139 g/mol. The van der Waals surface area contributed by atoms with Crippen LogP contribution in [0.25, 0.3) is 0 Å². The summed E-state index contributed by atoms with van der Waals surface area (Å²) in [4.78, 5) is 4.08. The Morgan fingerprint density at radius 2 is 2.50 bits per heavy atom. The van der Waals surface area contributed by atoms with Gasteiger partial charge in [0.2, 0.25) is 0 Å². The highest BCUT2D eigenvalue weighted by atomic mass is 15.0. The average Bonchev–Trinajstić information content (AvgIpc) is 2.13. The lowest BCUT2D eigenvalue weighted by Crippen LogP contribution is -2.21. The Morgan fingerprint density at radius 3 is 2.90 bits per heavy atom. The number of aromatic nitrogens is 2. The van der Waals surface area contributed by atoms with Gasteiger partial charge in [0.05, 0.1) is 12.0 Å². The van der Waals surface area contributed by atoms with Crippen LogP contribution in [0.15, 0.2) is 12.5 Å². The quantitative estimate of drug-likeness (QED) is 0.649. The van der Waals surface area contributed by atoms with Gasteiger partial charge in [0.1, 0.15) is 0 Å². The second-order valence-electron chi connectivity index (χ2n) is 2.69. The number of nitrogens with two attached hydrogens (primary N) is 1. The third kappa shape index (κ3) is 1.84. The minimum atomic E-state index is 0.202. The van der Waals surface area contributed by atoms with Gasteiger partial charge in [-0.15, -0.1) is 0 Å². The van der Waals surface area contributed by atoms with Crippen molar-refractivity contribution >= 4 is 0 Å². The van der Waals surface area contributed by atoms with Crippen molar-refractivity contribution in [2.75, 3.05) is 0 Å². The van der Waals surface area contributed by atoms with Crippen molar-refractivity contribution in [2.24, 2.45) is 5.73 Å². The molecule has 0 aliphatic carbocycles. The van der Waals surface area contributed by atoms with Crippen molar-refractivity contribution < 1.29 is 0 Å². The van der Waals surface area contributed by atoms with Crippen LogP contribution in [0, 0.1) is 6.92 Å². The van der Waals surface area contributed by atoms with E-state index in [0.717, 1.165) is 12.2 Å². The van der Waals surface area contributed by atoms with Crippen molar-refractivity contribution in [3.8, 4) is 0 Å². The smallest absolute Gasteiger partial charge is 0.0949 e. The number of nitrogens with zero attached hydrogens (tertiary/aromatic N) is 2. The summed E-state index contributed by atoms with van der Waals surface area (Å²) in [6.45, 7) is 4.80. The molecule has 10 heavy (non-hydrogen) atoms. The lowest BCUT2D eigenvalue weighted by molar-refractivity contribution is 0.589. The third-order valence-corrected chi connectivity index (χ3v) is 1.26. The highest BCUT2D eigenvalue weighted by Crippen LogP contribution is 1.93. The van der Waals surface area contributed by atoms with Crippen LogP contribution in [0.1, 0.15) is 12.6 Å². The van der Waals surface area contributed by atoms with Crippen molar-refractivity contribution in [1.82, 2.24) is 9.55 Å². The molecule has 1 heterocycles. The molecule has 3 heteroatoms. The zero-order valence-electron chi connectivity index (χ0n) is 6.41. The highest BCUT2D eigenvalue weighted by Gasteiger charge is 1.95. The van der Waals surface area contributed by atoms with E-state index in [2.05, 4.69) is 4.98 Å². The van der Waals surface area contributed by atoms with E-state index in [1.807, 2.05) is 24.6 Å². The minimum absolute atomic E-state index is 0.202. The summed E-state index contributed by atoms with van der Waals surface area (Å²) in [7, 11) is 0. The van der Waals surface area contributed by atoms with Gasteiger partial charge in [-0.25, -0.2) is 4.98 Å². The molecule has 0 aliphatic rings. The van der Waals surface area contributed by atoms with E-state index in [9.17, 15) is 0 Å². The maximum absolute atomic E-state index is 5.59. The first-order valence-corrected chi connectivity index (χ1v) is 3.42. The minimum Gasteiger partial charge on any atom is -0.336 e. The SMILES string of the molecule is Cc1cn(CC(C)N)cn1. The van der Waals surface area contributed by atoms with E-state index in [1.54, 1.807) is 6.33 Å². The average molecular weight is 139 g/mol. The Hall–Kier alpha value is -0.830. The predicted octanol–water partition coefficient (Wildman–Crippen LogP) is 0.539. The van der Waals surface area contributed by atoms with Crippen LogP contribution in [0.4, 0.5) is 0 Å². The molecule has 0 amide bonds. The molecule has 0 saturated heterocycles. The normalized spacial score (nSPS) is 13.5. The molecule has 2 N–H and O–H groups in total. The van der Waals surface area contributed by atoms with Crippen LogP contribution in [-0.4, -0.2) is 15.6 Å². The summed E-state index contributed by atoms with van der Waals surface area (Å²) in [5.41, 5.74) is 6.63. The van der Waals surface area contributed by atoms with E-state index >= 15 is 0 Å². The molecule has 1 atom stereocenters. The van der Waals surface area contributed by atoms with Gasteiger partial charge in [-0.1, -0.05) is 0 Å². The van der Waals surface area contributed by atoms with Crippen LogP contribution in [0.5, 0.6) is 0 Å². The molecule has 0 aliphatic heterocycles. The van der Waals surface area contributed by atoms with Crippen LogP contribution in [0.2, 0.25) is 0 Å². The fraction of sp³-hybridized carbons (Fsp3) is 0.571. The number of hydrogen-bond acceptors (Lipinski definition) is 2. The molecule has 1 aromatic heterocycles. The van der Waals surface area contributed by atoms with Crippen LogP contribution in [-0.2, 0) is 6.54 Å². The lowest BCUT2D eigenvalue weighted by Gasteiger charge is -2.03. The van der Waals surface area contributed by atoms with Crippen LogP contribution < -0.4 is 5.73 Å². The maximum atomic E-state index is 5.59. The first-order chi connectivity index (χ1) is 4.68. The maximum Gasteiger partial charge on any atom is 0.0949 e. The van der Waals surface area contributed by atoms with Crippen LogP contribution in [0.3, 0.4) is 0 Å². The molecule has 56 valence electrons. The standard InChI is InChI=1S/C7H13N3/c1-6(8)3-10-4-7(2)9-5-10/h4-6H,3,8H2,1-2H3. The summed E-state index contributed by atoms with van der Waals surface area (Å²) in [5, 5.41) is 0. The summed E-state index contributed by atoms with van der Waals surface area (Å²) < 4.78 is 2.00. The molecule has 1 rings (SSSR count). The number of hydrogen-bond donors (Lipinski definition) is 1. The molecule has 1 aromatic rings. The van der Waals surface area contributed by atoms with Crippen LogP contribution >= 0.6 is 0 Å². The van der Waals surface area contributed by atoms with E-state index in [-0.39, 0.29) is 6.04 Å².